The predicted octanol–water partition coefficient (Wildman–Crippen LogP) is 2.52. The topological polar surface area (TPSA) is 29.9 Å². The third-order valence-electron chi connectivity index (χ3n) is 3.94. The van der Waals surface area contributed by atoms with E-state index >= 15 is 0 Å². The van der Waals surface area contributed by atoms with Gasteiger partial charge in [-0.2, -0.15) is 5.10 Å². The van der Waals surface area contributed by atoms with Gasteiger partial charge >= 0.3 is 0 Å². The number of hydrogen-bond acceptors (Lipinski definition) is 2. The Morgan fingerprint density at radius 1 is 1.41 bits per heavy atom. The van der Waals surface area contributed by atoms with Crippen molar-refractivity contribution in [3.8, 4) is 0 Å². The number of aryl methyl sites for hydroxylation is 1. The second kappa shape index (κ2) is 5.21. The minimum absolute atomic E-state index is 0.571. The number of aromatic nitrogens is 2. The molecular weight excluding hydrogens is 210 g/mol. The van der Waals surface area contributed by atoms with Crippen LogP contribution in [-0.2, 0) is 13.5 Å². The van der Waals surface area contributed by atoms with Crippen LogP contribution in [0.4, 0.5) is 0 Å². The first-order valence-electron chi connectivity index (χ1n) is 6.76. The normalized spacial score (nSPS) is 20.6. The molecule has 0 unspecified atom stereocenters. The fourth-order valence-electron chi connectivity index (χ4n) is 2.63. The molecule has 1 aliphatic carbocycles. The van der Waals surface area contributed by atoms with Crippen LogP contribution < -0.4 is 5.32 Å². The Kier molecular flexibility index (Phi) is 3.87. The molecule has 96 valence electrons. The van der Waals surface area contributed by atoms with Crippen LogP contribution in [0.5, 0.6) is 0 Å². The summed E-state index contributed by atoms with van der Waals surface area (Å²) in [5.41, 5.74) is 1.90. The zero-order valence-corrected chi connectivity index (χ0v) is 11.4. The van der Waals surface area contributed by atoms with Crippen LogP contribution in [0.2, 0.25) is 0 Å². The average molecular weight is 235 g/mol. The van der Waals surface area contributed by atoms with Gasteiger partial charge in [0.2, 0.25) is 0 Å². The number of rotatable bonds is 4. The molecule has 1 saturated carbocycles. The van der Waals surface area contributed by atoms with Crippen LogP contribution in [0.25, 0.3) is 0 Å². The molecule has 0 bridgehead atoms. The van der Waals surface area contributed by atoms with Crippen LogP contribution >= 0.6 is 0 Å². The maximum atomic E-state index is 4.19. The number of nitrogens with one attached hydrogen (secondary N) is 1. The van der Waals surface area contributed by atoms with Crippen molar-refractivity contribution in [2.45, 2.75) is 52.0 Å². The molecule has 1 aliphatic rings. The van der Waals surface area contributed by atoms with E-state index in [4.69, 9.17) is 0 Å². The fraction of sp³-hybridized carbons (Fsp3) is 0.786. The van der Waals surface area contributed by atoms with Gasteiger partial charge in [0.05, 0.1) is 6.20 Å². The van der Waals surface area contributed by atoms with Crippen molar-refractivity contribution in [3.63, 3.8) is 0 Å². The molecule has 1 N–H and O–H groups in total. The first-order valence-corrected chi connectivity index (χ1v) is 6.76. The zero-order valence-electron chi connectivity index (χ0n) is 11.4. The lowest BCUT2D eigenvalue weighted by molar-refractivity contribution is 0.207. The van der Waals surface area contributed by atoms with Crippen LogP contribution in [-0.4, -0.2) is 22.4 Å². The Morgan fingerprint density at radius 2 is 2.12 bits per heavy atom. The van der Waals surface area contributed by atoms with E-state index in [2.05, 4.69) is 30.5 Å². The quantitative estimate of drug-likeness (QED) is 0.869. The van der Waals surface area contributed by atoms with E-state index in [1.807, 2.05) is 17.9 Å². The van der Waals surface area contributed by atoms with Crippen LogP contribution in [0.1, 0.15) is 45.1 Å². The highest BCUT2D eigenvalue weighted by Crippen LogP contribution is 2.34. The van der Waals surface area contributed by atoms with E-state index in [1.54, 1.807) is 0 Å². The van der Waals surface area contributed by atoms with E-state index in [1.165, 1.54) is 31.2 Å². The van der Waals surface area contributed by atoms with Crippen molar-refractivity contribution >= 4 is 0 Å². The van der Waals surface area contributed by atoms with Crippen molar-refractivity contribution in [2.75, 3.05) is 6.54 Å². The molecule has 1 heterocycles. The predicted molar refractivity (Wildman–Crippen MR) is 71.0 cm³/mol. The Labute approximate surface area is 105 Å². The summed E-state index contributed by atoms with van der Waals surface area (Å²) < 4.78 is 1.87. The molecule has 0 aliphatic heterocycles. The summed E-state index contributed by atoms with van der Waals surface area (Å²) in [7, 11) is 1.97. The lowest BCUT2D eigenvalue weighted by Crippen LogP contribution is -2.36. The summed E-state index contributed by atoms with van der Waals surface area (Å²) in [4.78, 5) is 0. The van der Waals surface area contributed by atoms with Gasteiger partial charge in [-0.1, -0.05) is 13.8 Å². The largest absolute Gasteiger partial charge is 0.314 e. The zero-order chi connectivity index (χ0) is 12.3. The third-order valence-corrected chi connectivity index (χ3v) is 3.94. The van der Waals surface area contributed by atoms with E-state index in [0.717, 1.165) is 19.0 Å². The average Bonchev–Trinajstić information content (AvgIpc) is 2.67. The molecule has 1 fully saturated rings. The summed E-state index contributed by atoms with van der Waals surface area (Å²) in [5.74, 6) is 0. The van der Waals surface area contributed by atoms with Gasteiger partial charge in [-0.05, 0) is 49.6 Å². The molecule has 0 atom stereocenters. The molecule has 0 amide bonds. The summed E-state index contributed by atoms with van der Waals surface area (Å²) in [6.07, 6.45) is 10.5. The SMILES string of the molecule is Cn1cc(CCNC2CCC(C)(C)CC2)cn1. The van der Waals surface area contributed by atoms with Gasteiger partial charge in [0.1, 0.15) is 0 Å². The van der Waals surface area contributed by atoms with Crippen molar-refractivity contribution in [3.05, 3.63) is 18.0 Å². The van der Waals surface area contributed by atoms with Gasteiger partial charge in [-0.25, -0.2) is 0 Å². The molecule has 0 aromatic carbocycles. The maximum absolute atomic E-state index is 4.19. The first-order chi connectivity index (χ1) is 8.05. The highest BCUT2D eigenvalue weighted by atomic mass is 15.2. The third kappa shape index (κ3) is 3.84. The van der Waals surface area contributed by atoms with Gasteiger partial charge in [0.25, 0.3) is 0 Å². The van der Waals surface area contributed by atoms with Crippen molar-refractivity contribution in [1.29, 1.82) is 0 Å². The van der Waals surface area contributed by atoms with Crippen molar-refractivity contribution in [2.24, 2.45) is 12.5 Å². The fourth-order valence-corrected chi connectivity index (χ4v) is 2.63. The monoisotopic (exact) mass is 235 g/mol. The number of hydrogen-bond donors (Lipinski definition) is 1. The molecule has 17 heavy (non-hydrogen) atoms. The molecule has 0 radical (unpaired) electrons. The second-order valence-corrected chi connectivity index (χ2v) is 6.16. The van der Waals surface area contributed by atoms with Gasteiger partial charge in [-0.3, -0.25) is 4.68 Å². The Hall–Kier alpha value is -0.830. The van der Waals surface area contributed by atoms with Gasteiger partial charge in [0.15, 0.2) is 0 Å². The van der Waals surface area contributed by atoms with E-state index in [-0.39, 0.29) is 0 Å². The van der Waals surface area contributed by atoms with Crippen molar-refractivity contribution < 1.29 is 0 Å². The molecule has 1 aromatic rings. The van der Waals surface area contributed by atoms with Crippen LogP contribution in [0, 0.1) is 5.41 Å². The minimum Gasteiger partial charge on any atom is -0.314 e. The summed E-state index contributed by atoms with van der Waals surface area (Å²) in [6, 6.07) is 0.736. The summed E-state index contributed by atoms with van der Waals surface area (Å²) >= 11 is 0. The molecule has 2 rings (SSSR count). The summed E-state index contributed by atoms with van der Waals surface area (Å²) in [6.45, 7) is 5.86. The van der Waals surface area contributed by atoms with Gasteiger partial charge in [-0.15, -0.1) is 0 Å². The van der Waals surface area contributed by atoms with Gasteiger partial charge < -0.3 is 5.32 Å². The maximum Gasteiger partial charge on any atom is 0.0522 e. The van der Waals surface area contributed by atoms with E-state index < -0.39 is 0 Å². The first kappa shape index (κ1) is 12.6. The Balaban J connectivity index is 1.66. The number of nitrogens with zero attached hydrogens (tertiary/aromatic N) is 2. The minimum atomic E-state index is 0.571. The van der Waals surface area contributed by atoms with Gasteiger partial charge in [0, 0.05) is 19.3 Å². The highest BCUT2D eigenvalue weighted by molar-refractivity contribution is 5.04. The lowest BCUT2D eigenvalue weighted by Gasteiger charge is -2.34. The smallest absolute Gasteiger partial charge is 0.0522 e. The van der Waals surface area contributed by atoms with Crippen LogP contribution in [0.15, 0.2) is 12.4 Å². The molecule has 1 aromatic heterocycles. The summed E-state index contributed by atoms with van der Waals surface area (Å²) in [5, 5.41) is 7.87. The van der Waals surface area contributed by atoms with E-state index in [9.17, 15) is 0 Å². The highest BCUT2D eigenvalue weighted by Gasteiger charge is 2.26. The van der Waals surface area contributed by atoms with Crippen molar-refractivity contribution in [1.82, 2.24) is 15.1 Å². The lowest BCUT2D eigenvalue weighted by atomic mass is 9.75. The van der Waals surface area contributed by atoms with Crippen LogP contribution in [0.3, 0.4) is 0 Å². The molecular formula is C14H25N3. The molecule has 0 spiro atoms. The molecule has 0 saturated heterocycles. The molecule has 3 heteroatoms. The van der Waals surface area contributed by atoms with E-state index in [0.29, 0.717) is 5.41 Å². The Bertz CT molecular complexity index is 344. The molecule has 3 nitrogen and oxygen atoms in total. The Morgan fingerprint density at radius 3 is 2.71 bits per heavy atom. The second-order valence-electron chi connectivity index (χ2n) is 6.16. The standard InChI is InChI=1S/C14H25N3/c1-14(2)7-4-13(5-8-14)15-9-6-12-10-16-17(3)11-12/h10-11,13,15H,4-9H2,1-3H3.